The van der Waals surface area contributed by atoms with E-state index in [1.54, 1.807) is 19.5 Å². The maximum absolute atomic E-state index is 12.3. The molecule has 7 heteroatoms. The van der Waals surface area contributed by atoms with Gasteiger partial charge in [-0.05, 0) is 25.1 Å². The molecule has 0 unspecified atom stereocenters. The van der Waals surface area contributed by atoms with E-state index in [4.69, 9.17) is 4.74 Å². The van der Waals surface area contributed by atoms with E-state index in [9.17, 15) is 4.79 Å². The predicted octanol–water partition coefficient (Wildman–Crippen LogP) is 2.30. The highest BCUT2D eigenvalue weighted by Crippen LogP contribution is 2.19. The lowest BCUT2D eigenvalue weighted by molar-refractivity contribution is -0.121. The van der Waals surface area contributed by atoms with Crippen molar-refractivity contribution in [2.45, 2.75) is 19.4 Å². The van der Waals surface area contributed by atoms with Gasteiger partial charge in [-0.2, -0.15) is 5.10 Å². The Morgan fingerprint density at radius 1 is 1.28 bits per heavy atom. The minimum Gasteiger partial charge on any atom is -0.496 e. The van der Waals surface area contributed by atoms with Gasteiger partial charge in [0.25, 0.3) is 0 Å². The molecule has 7 nitrogen and oxygen atoms in total. The van der Waals surface area contributed by atoms with Crippen LogP contribution in [0.5, 0.6) is 5.75 Å². The zero-order valence-electron chi connectivity index (χ0n) is 14.1. The fraction of sp³-hybridized carbons (Fsp3) is 0.222. The fourth-order valence-electron chi connectivity index (χ4n) is 2.47. The van der Waals surface area contributed by atoms with Crippen LogP contribution in [0.1, 0.15) is 24.4 Å². The molecular weight excluding hydrogens is 318 g/mol. The number of para-hydroxylation sites is 1. The second kappa shape index (κ2) is 7.57. The quantitative estimate of drug-likeness (QED) is 0.720. The molecule has 1 atom stereocenters. The van der Waals surface area contributed by atoms with Gasteiger partial charge in [0, 0.05) is 23.5 Å². The first-order chi connectivity index (χ1) is 12.2. The lowest BCUT2D eigenvalue weighted by Crippen LogP contribution is -2.28. The van der Waals surface area contributed by atoms with Gasteiger partial charge in [-0.15, -0.1) is 0 Å². The highest BCUT2D eigenvalue weighted by atomic mass is 16.5. The van der Waals surface area contributed by atoms with Crippen molar-refractivity contribution >= 4 is 5.91 Å². The van der Waals surface area contributed by atoms with Gasteiger partial charge < -0.3 is 10.1 Å². The zero-order chi connectivity index (χ0) is 17.6. The van der Waals surface area contributed by atoms with Crippen molar-refractivity contribution < 1.29 is 9.53 Å². The average molecular weight is 337 g/mol. The summed E-state index contributed by atoms with van der Waals surface area (Å²) >= 11 is 0. The molecule has 0 fully saturated rings. The third-order valence-electron chi connectivity index (χ3n) is 3.75. The van der Waals surface area contributed by atoms with E-state index in [0.29, 0.717) is 17.4 Å². The molecule has 128 valence electrons. The Morgan fingerprint density at radius 2 is 2.12 bits per heavy atom. The molecule has 1 amide bonds. The number of carbonyl (C=O) groups excluding carboxylic acids is 1. The Balaban J connectivity index is 1.65. The van der Waals surface area contributed by atoms with Crippen LogP contribution in [-0.4, -0.2) is 33.2 Å². The summed E-state index contributed by atoms with van der Waals surface area (Å²) in [5.74, 6) is 1.72. The van der Waals surface area contributed by atoms with Crippen molar-refractivity contribution in [2.24, 2.45) is 0 Å². The Kier molecular flexibility index (Phi) is 5.03. The van der Waals surface area contributed by atoms with Gasteiger partial charge in [-0.25, -0.2) is 4.98 Å². The first-order valence-corrected chi connectivity index (χ1v) is 7.91. The summed E-state index contributed by atoms with van der Waals surface area (Å²) in [4.78, 5) is 20.8. The molecule has 0 radical (unpaired) electrons. The number of carbonyl (C=O) groups is 1. The molecule has 3 rings (SSSR count). The van der Waals surface area contributed by atoms with Crippen LogP contribution in [0.25, 0.3) is 11.4 Å². The standard InChI is InChI=1S/C18H19N5O2/c1-12(17-21-18(23-22-17)14-7-5-9-19-11-14)20-16(24)10-13-6-3-4-8-15(13)25-2/h3-9,11-12H,10H2,1-2H3,(H,20,24)(H,21,22,23)/t12-/m1/s1. The fourth-order valence-corrected chi connectivity index (χ4v) is 2.47. The lowest BCUT2D eigenvalue weighted by atomic mass is 10.1. The van der Waals surface area contributed by atoms with E-state index in [1.165, 1.54) is 0 Å². The first-order valence-electron chi connectivity index (χ1n) is 7.91. The Bertz CT molecular complexity index is 847. The minimum atomic E-state index is -0.292. The van der Waals surface area contributed by atoms with Crippen molar-refractivity contribution in [3.63, 3.8) is 0 Å². The molecule has 1 aromatic carbocycles. The van der Waals surface area contributed by atoms with Crippen molar-refractivity contribution in [3.05, 3.63) is 60.2 Å². The van der Waals surface area contributed by atoms with Crippen molar-refractivity contribution in [3.8, 4) is 17.1 Å². The first kappa shape index (κ1) is 16.6. The third-order valence-corrected chi connectivity index (χ3v) is 3.75. The normalized spacial score (nSPS) is 11.8. The number of aromatic nitrogens is 4. The molecular formula is C18H19N5O2. The van der Waals surface area contributed by atoms with Crippen LogP contribution in [0.3, 0.4) is 0 Å². The third kappa shape index (κ3) is 4.00. The molecule has 3 aromatic rings. The Labute approximate surface area is 145 Å². The molecule has 2 aromatic heterocycles. The van der Waals surface area contributed by atoms with E-state index >= 15 is 0 Å². The van der Waals surface area contributed by atoms with Gasteiger partial charge in [0.05, 0.1) is 19.6 Å². The van der Waals surface area contributed by atoms with Gasteiger partial charge in [0.15, 0.2) is 5.82 Å². The second-order valence-electron chi connectivity index (χ2n) is 5.56. The van der Waals surface area contributed by atoms with Crippen LogP contribution in [0.4, 0.5) is 0 Å². The topological polar surface area (TPSA) is 92.8 Å². The Hall–Kier alpha value is -3.22. The van der Waals surface area contributed by atoms with Crippen LogP contribution in [0.15, 0.2) is 48.8 Å². The molecule has 0 aliphatic rings. The highest BCUT2D eigenvalue weighted by Gasteiger charge is 2.16. The number of benzene rings is 1. The number of hydrogen-bond donors (Lipinski definition) is 2. The Morgan fingerprint density at radius 3 is 2.88 bits per heavy atom. The van der Waals surface area contributed by atoms with Crippen LogP contribution >= 0.6 is 0 Å². The summed E-state index contributed by atoms with van der Waals surface area (Å²) in [5, 5.41) is 9.96. The number of aromatic amines is 1. The lowest BCUT2D eigenvalue weighted by Gasteiger charge is -2.12. The number of H-pyrrole nitrogens is 1. The summed E-state index contributed by atoms with van der Waals surface area (Å²) < 4.78 is 5.27. The molecule has 0 saturated carbocycles. The minimum absolute atomic E-state index is 0.115. The maximum Gasteiger partial charge on any atom is 0.225 e. The molecule has 2 N–H and O–H groups in total. The molecule has 0 saturated heterocycles. The molecule has 0 spiro atoms. The van der Waals surface area contributed by atoms with Gasteiger partial charge in [0.2, 0.25) is 5.91 Å². The molecule has 0 aliphatic carbocycles. The van der Waals surface area contributed by atoms with E-state index in [1.807, 2.05) is 43.3 Å². The van der Waals surface area contributed by atoms with Gasteiger partial charge in [-0.3, -0.25) is 14.9 Å². The van der Waals surface area contributed by atoms with Crippen molar-refractivity contribution in [1.29, 1.82) is 0 Å². The average Bonchev–Trinajstić information content (AvgIpc) is 3.13. The van der Waals surface area contributed by atoms with Gasteiger partial charge in [0.1, 0.15) is 11.6 Å². The number of methoxy groups -OCH3 is 1. The van der Waals surface area contributed by atoms with E-state index in [0.717, 1.165) is 11.1 Å². The number of nitrogens with zero attached hydrogens (tertiary/aromatic N) is 3. The summed E-state index contributed by atoms with van der Waals surface area (Å²) in [6.07, 6.45) is 3.62. The number of ether oxygens (including phenoxy) is 1. The number of rotatable bonds is 6. The van der Waals surface area contributed by atoms with Crippen LogP contribution in [-0.2, 0) is 11.2 Å². The van der Waals surface area contributed by atoms with Gasteiger partial charge in [-0.1, -0.05) is 18.2 Å². The smallest absolute Gasteiger partial charge is 0.225 e. The van der Waals surface area contributed by atoms with E-state index in [2.05, 4.69) is 25.5 Å². The molecule has 2 heterocycles. The predicted molar refractivity (Wildman–Crippen MR) is 92.9 cm³/mol. The van der Waals surface area contributed by atoms with Gasteiger partial charge >= 0.3 is 0 Å². The summed E-state index contributed by atoms with van der Waals surface area (Å²) in [5.41, 5.74) is 1.65. The second-order valence-corrected chi connectivity index (χ2v) is 5.56. The zero-order valence-corrected chi connectivity index (χ0v) is 14.1. The number of pyridine rings is 1. The number of hydrogen-bond acceptors (Lipinski definition) is 5. The number of amides is 1. The maximum atomic E-state index is 12.3. The van der Waals surface area contributed by atoms with Crippen molar-refractivity contribution in [2.75, 3.05) is 7.11 Å². The van der Waals surface area contributed by atoms with Crippen molar-refractivity contribution in [1.82, 2.24) is 25.5 Å². The monoisotopic (exact) mass is 337 g/mol. The molecule has 25 heavy (non-hydrogen) atoms. The number of nitrogens with one attached hydrogen (secondary N) is 2. The SMILES string of the molecule is COc1ccccc1CC(=O)N[C@H](C)c1nc(-c2cccnc2)n[nH]1. The summed E-state index contributed by atoms with van der Waals surface area (Å²) in [6.45, 7) is 1.85. The van der Waals surface area contributed by atoms with Crippen LogP contribution in [0, 0.1) is 0 Å². The molecule has 0 bridgehead atoms. The van der Waals surface area contributed by atoms with Crippen LogP contribution in [0.2, 0.25) is 0 Å². The van der Waals surface area contributed by atoms with Crippen LogP contribution < -0.4 is 10.1 Å². The summed E-state index contributed by atoms with van der Waals surface area (Å²) in [7, 11) is 1.59. The van der Waals surface area contributed by atoms with E-state index < -0.39 is 0 Å². The summed E-state index contributed by atoms with van der Waals surface area (Å²) in [6, 6.07) is 10.9. The highest BCUT2D eigenvalue weighted by molar-refractivity contribution is 5.79. The largest absolute Gasteiger partial charge is 0.496 e. The van der Waals surface area contributed by atoms with E-state index in [-0.39, 0.29) is 18.4 Å². The molecule has 0 aliphatic heterocycles.